The van der Waals surface area contributed by atoms with E-state index < -0.39 is 37.1 Å². The number of hydrogen-bond donors (Lipinski definition) is 1. The fourth-order valence-electron chi connectivity index (χ4n) is 3.29. The van der Waals surface area contributed by atoms with Crippen molar-refractivity contribution >= 4 is 81.5 Å². The third-order valence-corrected chi connectivity index (χ3v) is 8.80. The molecule has 0 saturated heterocycles. The summed E-state index contributed by atoms with van der Waals surface area (Å²) >= 11 is 19.7. The van der Waals surface area contributed by atoms with Gasteiger partial charge in [0.1, 0.15) is 5.66 Å². The lowest BCUT2D eigenvalue weighted by Gasteiger charge is -2.24. The summed E-state index contributed by atoms with van der Waals surface area (Å²) < 4.78 is 25.3. The molecule has 192 valence electrons. The fraction of sp³-hybridized carbons (Fsp3) is 0.280. The second-order valence-electron chi connectivity index (χ2n) is 9.12. The predicted molar refractivity (Wildman–Crippen MR) is 148 cm³/mol. The Hall–Kier alpha value is -1.86. The maximum Gasteiger partial charge on any atom is 0.313 e. The van der Waals surface area contributed by atoms with E-state index in [2.05, 4.69) is 5.32 Å². The number of hydrogen-bond acceptors (Lipinski definition) is 6. The highest BCUT2D eigenvalue weighted by Crippen LogP contribution is 2.59. The summed E-state index contributed by atoms with van der Waals surface area (Å²) in [5, 5.41) is 6.49. The standard InChI is InChI=1S/C25H25Cl3NO5PS/c1-25(2,3)24(31)33-14-34-35(4,32)22(20-13-36-21-6-5-16(26)12-19(20)21)23(30)29-8-7-15-9-17(27)11-18(28)10-15/h5-13,22H,14H2,1-4H3,(H,29,30)/b8-7+. The van der Waals surface area contributed by atoms with Crippen LogP contribution in [-0.4, -0.2) is 25.3 Å². The van der Waals surface area contributed by atoms with Crippen LogP contribution in [0.2, 0.25) is 15.1 Å². The van der Waals surface area contributed by atoms with E-state index in [0.29, 0.717) is 31.6 Å². The lowest BCUT2D eigenvalue weighted by Crippen LogP contribution is -2.27. The fourth-order valence-corrected chi connectivity index (χ4v) is 6.70. The molecule has 11 heteroatoms. The molecule has 36 heavy (non-hydrogen) atoms. The molecule has 1 aromatic heterocycles. The number of halogens is 3. The van der Waals surface area contributed by atoms with Gasteiger partial charge in [-0.2, -0.15) is 0 Å². The summed E-state index contributed by atoms with van der Waals surface area (Å²) in [5.74, 6) is -1.08. The second-order valence-corrected chi connectivity index (χ2v) is 13.9. The number of amides is 1. The van der Waals surface area contributed by atoms with E-state index in [1.807, 2.05) is 6.07 Å². The zero-order valence-corrected chi connectivity index (χ0v) is 24.0. The molecular formula is C25H25Cl3NO5PS. The number of carbonyl (C=O) groups excluding carboxylic acids is 2. The Labute approximate surface area is 229 Å². The van der Waals surface area contributed by atoms with Gasteiger partial charge in [-0.1, -0.05) is 34.8 Å². The summed E-state index contributed by atoms with van der Waals surface area (Å²) in [5.41, 5.74) is -0.776. The van der Waals surface area contributed by atoms with E-state index in [9.17, 15) is 14.2 Å². The molecule has 1 amide bonds. The van der Waals surface area contributed by atoms with Crippen LogP contribution >= 0.6 is 53.5 Å². The van der Waals surface area contributed by atoms with E-state index in [-0.39, 0.29) is 0 Å². The number of thiophene rings is 1. The minimum Gasteiger partial charge on any atom is -0.438 e. The molecule has 2 aromatic carbocycles. The van der Waals surface area contributed by atoms with Gasteiger partial charge in [0.05, 0.1) is 5.41 Å². The molecule has 6 nitrogen and oxygen atoms in total. The minimum atomic E-state index is -3.71. The molecule has 0 bridgehead atoms. The van der Waals surface area contributed by atoms with Gasteiger partial charge >= 0.3 is 5.97 Å². The molecule has 0 saturated carbocycles. The number of rotatable bonds is 8. The molecule has 3 aromatic rings. The van der Waals surface area contributed by atoms with Gasteiger partial charge in [0.2, 0.25) is 13.3 Å². The van der Waals surface area contributed by atoms with Crippen molar-refractivity contribution in [1.29, 1.82) is 0 Å². The summed E-state index contributed by atoms with van der Waals surface area (Å²) in [6, 6.07) is 10.2. The van der Waals surface area contributed by atoms with E-state index in [1.54, 1.807) is 62.6 Å². The molecule has 0 fully saturated rings. The smallest absolute Gasteiger partial charge is 0.313 e. The molecule has 3 rings (SSSR count). The Morgan fingerprint density at radius 3 is 2.39 bits per heavy atom. The Morgan fingerprint density at radius 1 is 1.08 bits per heavy atom. The third kappa shape index (κ3) is 7.34. The zero-order valence-electron chi connectivity index (χ0n) is 20.0. The molecule has 1 heterocycles. The molecule has 2 unspecified atom stereocenters. The highest BCUT2D eigenvalue weighted by atomic mass is 35.5. The molecule has 2 atom stereocenters. The highest BCUT2D eigenvalue weighted by molar-refractivity contribution is 7.59. The molecule has 1 N–H and O–H groups in total. The van der Waals surface area contributed by atoms with Gasteiger partial charge in [-0.25, -0.2) is 0 Å². The van der Waals surface area contributed by atoms with E-state index >= 15 is 0 Å². The van der Waals surface area contributed by atoms with Crippen molar-refractivity contribution in [2.75, 3.05) is 13.5 Å². The summed E-state index contributed by atoms with van der Waals surface area (Å²) in [7, 11) is -3.71. The predicted octanol–water partition coefficient (Wildman–Crippen LogP) is 8.16. The molecule has 0 aliphatic rings. The van der Waals surface area contributed by atoms with Crippen LogP contribution in [0.15, 0.2) is 48.0 Å². The van der Waals surface area contributed by atoms with Gasteiger partial charge in [0.25, 0.3) is 0 Å². The maximum absolute atomic E-state index is 13.8. The van der Waals surface area contributed by atoms with Crippen LogP contribution in [0.25, 0.3) is 16.2 Å². The minimum absolute atomic E-state index is 0.448. The second kappa shape index (κ2) is 11.7. The third-order valence-electron chi connectivity index (χ3n) is 5.08. The maximum atomic E-state index is 13.8. The van der Waals surface area contributed by atoms with Gasteiger partial charge in [-0.15, -0.1) is 11.3 Å². The molecular weight excluding hydrogens is 564 g/mol. The van der Waals surface area contributed by atoms with Crippen molar-refractivity contribution in [1.82, 2.24) is 5.32 Å². The van der Waals surface area contributed by atoms with Crippen LogP contribution in [0.1, 0.15) is 37.6 Å². The Morgan fingerprint density at radius 2 is 1.75 bits per heavy atom. The first kappa shape index (κ1) is 28.7. The van der Waals surface area contributed by atoms with Crippen LogP contribution in [-0.2, 0) is 23.4 Å². The van der Waals surface area contributed by atoms with Crippen LogP contribution < -0.4 is 5.32 Å². The first-order chi connectivity index (χ1) is 16.8. The first-order valence-electron chi connectivity index (χ1n) is 10.8. The number of benzene rings is 2. The van der Waals surface area contributed by atoms with E-state index in [1.165, 1.54) is 24.2 Å². The highest BCUT2D eigenvalue weighted by Gasteiger charge is 2.39. The van der Waals surface area contributed by atoms with Crippen molar-refractivity contribution < 1.29 is 23.4 Å². The van der Waals surface area contributed by atoms with Crippen LogP contribution in [0.4, 0.5) is 0 Å². The normalized spacial score (nSPS) is 14.5. The zero-order chi connectivity index (χ0) is 26.7. The summed E-state index contributed by atoms with van der Waals surface area (Å²) in [6.07, 6.45) is 3.03. The van der Waals surface area contributed by atoms with Crippen molar-refractivity contribution in [3.63, 3.8) is 0 Å². The first-order valence-corrected chi connectivity index (χ1v) is 14.9. The van der Waals surface area contributed by atoms with Gasteiger partial charge in [0.15, 0.2) is 6.79 Å². The lowest BCUT2D eigenvalue weighted by molar-refractivity contribution is -0.159. The molecule has 0 spiro atoms. The van der Waals surface area contributed by atoms with Gasteiger partial charge in [0, 0.05) is 32.6 Å². The van der Waals surface area contributed by atoms with Crippen LogP contribution in [0.3, 0.4) is 0 Å². The topological polar surface area (TPSA) is 81.7 Å². The Balaban J connectivity index is 1.90. The SMILES string of the molecule is CC(C)(C)C(=O)OCOP(C)(=O)C(C(=O)N/C=C/c1cc(Cl)cc(Cl)c1)c1csc2ccc(Cl)cc12. The molecule has 0 aliphatic heterocycles. The van der Waals surface area contributed by atoms with E-state index in [0.717, 1.165) is 4.70 Å². The van der Waals surface area contributed by atoms with Crippen LogP contribution in [0, 0.1) is 5.41 Å². The number of fused-ring (bicyclic) bond motifs is 1. The molecule has 0 radical (unpaired) electrons. The van der Waals surface area contributed by atoms with Crippen molar-refractivity contribution in [2.45, 2.75) is 26.4 Å². The average molecular weight is 589 g/mol. The van der Waals surface area contributed by atoms with Crippen molar-refractivity contribution in [3.05, 3.63) is 74.2 Å². The monoisotopic (exact) mass is 587 g/mol. The summed E-state index contributed by atoms with van der Waals surface area (Å²) in [4.78, 5) is 25.5. The van der Waals surface area contributed by atoms with Crippen molar-refractivity contribution in [2.24, 2.45) is 5.41 Å². The molecule has 0 aliphatic carbocycles. The van der Waals surface area contributed by atoms with Crippen LogP contribution in [0.5, 0.6) is 0 Å². The lowest BCUT2D eigenvalue weighted by atomic mass is 9.98. The Bertz CT molecular complexity index is 1350. The van der Waals surface area contributed by atoms with Gasteiger partial charge in [-0.05, 0) is 85.1 Å². The number of ether oxygens (including phenoxy) is 1. The largest absolute Gasteiger partial charge is 0.438 e. The number of nitrogens with one attached hydrogen (secondary N) is 1. The average Bonchev–Trinajstić information content (AvgIpc) is 3.14. The number of esters is 1. The summed E-state index contributed by atoms with van der Waals surface area (Å²) in [6.45, 7) is 5.87. The quantitative estimate of drug-likeness (QED) is 0.163. The number of carbonyl (C=O) groups is 2. The van der Waals surface area contributed by atoms with Crippen molar-refractivity contribution in [3.8, 4) is 0 Å². The van der Waals surface area contributed by atoms with E-state index in [4.69, 9.17) is 44.1 Å². The van der Waals surface area contributed by atoms with Gasteiger partial charge in [-0.3, -0.25) is 18.7 Å². The Kier molecular flexibility index (Phi) is 9.31. The van der Waals surface area contributed by atoms with Gasteiger partial charge < -0.3 is 10.1 Å².